The number of nitrogens with zero attached hydrogens (tertiary/aromatic N) is 12. The molecule has 4 amide bonds. The molecule has 0 fully saturated rings. The van der Waals surface area contributed by atoms with E-state index in [1.54, 1.807) is 18.6 Å². The first kappa shape index (κ1) is 75.9. The molecule has 0 radical (unpaired) electrons. The molecule has 8 aromatic heterocycles. The largest absolute Gasteiger partial charge is 0.368 e. The van der Waals surface area contributed by atoms with Crippen LogP contribution in [0.4, 0.5) is 51.5 Å². The van der Waals surface area contributed by atoms with Gasteiger partial charge in [0.25, 0.3) is 0 Å². The topological polar surface area (TPSA) is 423 Å². The summed E-state index contributed by atoms with van der Waals surface area (Å²) in [6.45, 7) is 26.7. The molecule has 8 aromatic rings. The summed E-state index contributed by atoms with van der Waals surface area (Å²) in [5.74, 6) is 2.11. The molecule has 514 valence electrons. The first-order valence-electron chi connectivity index (χ1n) is 32.4. The Morgan fingerprint density at radius 3 is 1.03 bits per heavy atom. The maximum absolute atomic E-state index is 13.4. The van der Waals surface area contributed by atoms with Crippen LogP contribution < -0.4 is 65.5 Å². The van der Waals surface area contributed by atoms with Gasteiger partial charge in [0.15, 0.2) is 23.3 Å². The van der Waals surface area contributed by atoms with E-state index in [-0.39, 0.29) is 64.0 Å². The fourth-order valence-electron chi connectivity index (χ4n) is 10.1. The Kier molecular flexibility index (Phi) is 28.8. The summed E-state index contributed by atoms with van der Waals surface area (Å²) in [6, 6.07) is 10.5. The summed E-state index contributed by atoms with van der Waals surface area (Å²) in [6.07, 6.45) is 19.4. The zero-order valence-corrected chi connectivity index (χ0v) is 57.5. The van der Waals surface area contributed by atoms with Crippen molar-refractivity contribution in [1.29, 1.82) is 0 Å². The number of hydrogen-bond acceptors (Lipinski definition) is 24. The number of aryl methyl sites for hydroxylation is 1. The van der Waals surface area contributed by atoms with Gasteiger partial charge in [0.2, 0.25) is 47.4 Å². The molecular formula is C66H99FN24O4. The molecule has 95 heavy (non-hydrogen) atoms. The highest BCUT2D eigenvalue weighted by Crippen LogP contribution is 2.30. The van der Waals surface area contributed by atoms with E-state index >= 15 is 0 Å². The molecule has 0 aliphatic carbocycles. The highest BCUT2D eigenvalue weighted by Gasteiger charge is 2.30. The van der Waals surface area contributed by atoms with Crippen molar-refractivity contribution >= 4 is 115 Å². The van der Waals surface area contributed by atoms with Crippen molar-refractivity contribution in [2.45, 2.75) is 196 Å². The molecule has 29 heteroatoms. The first-order chi connectivity index (χ1) is 45.0. The number of amides is 4. The summed E-state index contributed by atoms with van der Waals surface area (Å²) < 4.78 is 13.4. The summed E-state index contributed by atoms with van der Waals surface area (Å²) in [4.78, 5) is 96.3. The van der Waals surface area contributed by atoms with E-state index in [1.807, 2.05) is 44.2 Å². The van der Waals surface area contributed by atoms with Gasteiger partial charge in [0.05, 0.1) is 50.4 Å². The molecular weight excluding hydrogens is 1210 g/mol. The molecule has 0 aromatic carbocycles. The lowest BCUT2D eigenvalue weighted by atomic mass is 9.94. The second-order valence-corrected chi connectivity index (χ2v) is 25.0. The van der Waals surface area contributed by atoms with Gasteiger partial charge < -0.3 is 65.5 Å². The number of nitrogens with one attached hydrogen (secondary N) is 8. The van der Waals surface area contributed by atoms with Crippen LogP contribution in [0.15, 0.2) is 61.2 Å². The van der Waals surface area contributed by atoms with Crippen LogP contribution in [0.2, 0.25) is 0 Å². The monoisotopic (exact) mass is 1310 g/mol. The predicted molar refractivity (Wildman–Crippen MR) is 377 cm³/mol. The third-order valence-corrected chi connectivity index (χ3v) is 15.3. The van der Waals surface area contributed by atoms with E-state index in [0.717, 1.165) is 95.2 Å². The Labute approximate surface area is 555 Å². The molecule has 0 saturated heterocycles. The van der Waals surface area contributed by atoms with E-state index in [9.17, 15) is 23.6 Å². The quantitative estimate of drug-likeness (QED) is 0.0194. The number of carbonyl (C=O) groups is 4. The van der Waals surface area contributed by atoms with E-state index in [0.29, 0.717) is 93.6 Å². The standard InChI is InChI=1S/2C17H26N6O.C16H23FN6O.C16H24N6O/c1-5-6-7-17(4,10-20-12(3)24)23-15-14-13(21-16(18)22-15)8-11(2)9-19-14;1-4-5-6-9-17(3,11-20-12(2)24)23-15-14-13(8-7-10-19-14)21-16(18)22-15;1-4-5-6-16(3,9-20-10(2)24)23-14-13-12(21-15(18)22-14)7-11(17)8-19-13;1-4-5-8-16(3,10-19-11(2)23)22-14-13-12(7-6-9-18-13)20-15(17)21-14/h8-9H,5-7,10H2,1-4H3,(H,20,24)(H3,18,21,22,23);7-8,10H,4-6,9,11H2,1-3H3,(H,20,24)(H3,18,21,22,23);7-8H,4-6,9H2,1-3H3,(H,20,24)(H3,18,21,22,23);6-7,9H,4-5,8,10H2,1-3H3,(H,19,23)(H3,17,20,21,22)/t2*17-;2*16-/m0000/s1. The minimum atomic E-state index is -0.487. The number of anilines is 8. The Balaban J connectivity index is 0.000000229. The summed E-state index contributed by atoms with van der Waals surface area (Å²) in [7, 11) is 0. The molecule has 0 bridgehead atoms. The lowest BCUT2D eigenvalue weighted by molar-refractivity contribution is -0.120. The maximum atomic E-state index is 13.4. The van der Waals surface area contributed by atoms with Gasteiger partial charge in [-0.2, -0.15) is 19.9 Å². The third kappa shape index (κ3) is 24.9. The van der Waals surface area contributed by atoms with Crippen molar-refractivity contribution in [2.24, 2.45) is 0 Å². The molecule has 0 unspecified atom stereocenters. The summed E-state index contributed by atoms with van der Waals surface area (Å²) in [5.41, 5.74) is 27.7. The van der Waals surface area contributed by atoms with Gasteiger partial charge >= 0.3 is 0 Å². The van der Waals surface area contributed by atoms with Gasteiger partial charge in [0.1, 0.15) is 27.9 Å². The molecule has 8 rings (SSSR count). The second-order valence-electron chi connectivity index (χ2n) is 25.0. The highest BCUT2D eigenvalue weighted by molar-refractivity contribution is 5.89. The van der Waals surface area contributed by atoms with Crippen molar-refractivity contribution in [3.63, 3.8) is 0 Å². The molecule has 4 atom stereocenters. The lowest BCUT2D eigenvalue weighted by Crippen LogP contribution is -2.46. The van der Waals surface area contributed by atoms with E-state index < -0.39 is 11.4 Å². The van der Waals surface area contributed by atoms with Crippen LogP contribution in [-0.2, 0) is 19.2 Å². The fraction of sp³-hybridized carbons (Fsp3) is 0.515. The van der Waals surface area contributed by atoms with Crippen molar-refractivity contribution in [1.82, 2.24) is 81.1 Å². The summed E-state index contributed by atoms with van der Waals surface area (Å²) >= 11 is 0. The van der Waals surface area contributed by atoms with Crippen molar-refractivity contribution < 1.29 is 23.6 Å². The summed E-state index contributed by atoms with van der Waals surface area (Å²) in [5, 5.41) is 25.1. The van der Waals surface area contributed by atoms with Crippen LogP contribution in [0.25, 0.3) is 44.1 Å². The number of halogens is 1. The third-order valence-electron chi connectivity index (χ3n) is 15.3. The van der Waals surface area contributed by atoms with Gasteiger partial charge in [-0.3, -0.25) is 34.1 Å². The number of carbonyl (C=O) groups excluding carboxylic acids is 4. The second kappa shape index (κ2) is 36.0. The predicted octanol–water partition coefficient (Wildman–Crippen LogP) is 9.25. The Hall–Kier alpha value is -9.83. The zero-order valence-electron chi connectivity index (χ0n) is 57.5. The molecule has 28 nitrogen and oxygen atoms in total. The van der Waals surface area contributed by atoms with Crippen LogP contribution in [0, 0.1) is 12.7 Å². The van der Waals surface area contributed by atoms with Crippen LogP contribution in [0.5, 0.6) is 0 Å². The number of fused-ring (bicyclic) bond motifs is 4. The van der Waals surface area contributed by atoms with Crippen molar-refractivity contribution in [3.8, 4) is 0 Å². The van der Waals surface area contributed by atoms with Gasteiger partial charge in [-0.25, -0.2) is 29.3 Å². The Morgan fingerprint density at radius 1 is 0.411 bits per heavy atom. The SMILES string of the molecule is CCCCC[C@@](C)(CNC(C)=O)Nc1nc(N)nc2cccnc12.CCCC[C@@](C)(CNC(C)=O)Nc1nc(N)nc2cc(C)cnc12.CCCC[C@@](C)(CNC(C)=O)Nc1nc(N)nc2cc(F)cnc12.CCCC[C@@](C)(CNC(C)=O)Nc1nc(N)nc2cccnc12. The zero-order chi connectivity index (χ0) is 69.9. The van der Waals surface area contributed by atoms with Crippen LogP contribution in [0.3, 0.4) is 0 Å². The van der Waals surface area contributed by atoms with Crippen LogP contribution in [0.1, 0.15) is 172 Å². The Morgan fingerprint density at radius 2 is 0.705 bits per heavy atom. The fourth-order valence-corrected chi connectivity index (χ4v) is 10.1. The number of nitrogen functional groups attached to an aromatic ring is 4. The van der Waals surface area contributed by atoms with Gasteiger partial charge in [-0.05, 0) is 96.2 Å². The number of rotatable bonds is 29. The molecule has 0 spiro atoms. The van der Waals surface area contributed by atoms with Gasteiger partial charge in [-0.1, -0.05) is 85.5 Å². The molecule has 16 N–H and O–H groups in total. The number of hydrogen-bond donors (Lipinski definition) is 12. The average molecular weight is 1310 g/mol. The average Bonchev–Trinajstić information content (AvgIpc) is 0.828. The van der Waals surface area contributed by atoms with Gasteiger partial charge in [0, 0.05) is 78.5 Å². The van der Waals surface area contributed by atoms with Crippen molar-refractivity contribution in [3.05, 3.63) is 72.6 Å². The lowest BCUT2D eigenvalue weighted by Gasteiger charge is -2.32. The maximum Gasteiger partial charge on any atom is 0.222 e. The molecule has 0 aliphatic heterocycles. The van der Waals surface area contributed by atoms with Gasteiger partial charge in [-0.15, -0.1) is 0 Å². The smallest absolute Gasteiger partial charge is 0.222 e. The first-order valence-corrected chi connectivity index (χ1v) is 32.4. The molecule has 0 saturated carbocycles. The molecule has 0 aliphatic rings. The van der Waals surface area contributed by atoms with Crippen molar-refractivity contribution in [2.75, 3.05) is 70.4 Å². The molecule has 8 heterocycles. The van der Waals surface area contributed by atoms with E-state index in [4.69, 9.17) is 22.9 Å². The van der Waals surface area contributed by atoms with E-state index in [1.165, 1.54) is 33.8 Å². The Bertz CT molecular complexity index is 3710. The number of aromatic nitrogens is 12. The number of pyridine rings is 4. The van der Waals surface area contributed by atoms with Crippen LogP contribution in [-0.4, -0.2) is 132 Å². The minimum absolute atomic E-state index is 0.0368. The number of nitrogens with two attached hydrogens (primary N) is 4. The number of unbranched alkanes of at least 4 members (excludes halogenated alkanes) is 5. The highest BCUT2D eigenvalue weighted by atomic mass is 19.1. The minimum Gasteiger partial charge on any atom is -0.368 e. The van der Waals surface area contributed by atoms with E-state index in [2.05, 4.69) is 151 Å². The van der Waals surface area contributed by atoms with Crippen LogP contribution >= 0.6 is 0 Å². The normalized spacial score (nSPS) is 13.5.